The lowest BCUT2D eigenvalue weighted by Crippen LogP contribution is -2.36. The Morgan fingerprint density at radius 3 is 2.83 bits per heavy atom. The van der Waals surface area contributed by atoms with Crippen LogP contribution in [0.4, 0.5) is 5.82 Å². The first-order valence-electron chi connectivity index (χ1n) is 8.16. The Morgan fingerprint density at radius 2 is 2.00 bits per heavy atom. The zero-order chi connectivity index (χ0) is 15.8. The van der Waals surface area contributed by atoms with Crippen molar-refractivity contribution < 1.29 is 4.79 Å². The van der Waals surface area contributed by atoms with Crippen LogP contribution in [0.25, 0.3) is 10.9 Å². The van der Waals surface area contributed by atoms with E-state index in [-0.39, 0.29) is 0 Å². The maximum Gasteiger partial charge on any atom is 0.225 e. The van der Waals surface area contributed by atoms with Gasteiger partial charge in [0, 0.05) is 42.0 Å². The van der Waals surface area contributed by atoms with Crippen LogP contribution in [0.5, 0.6) is 0 Å². The number of aromatic nitrogens is 2. The quantitative estimate of drug-likeness (QED) is 0.810. The molecule has 2 aromatic rings. The minimum absolute atomic E-state index is 0.303. The van der Waals surface area contributed by atoms with Crippen LogP contribution in [0.15, 0.2) is 29.0 Å². The van der Waals surface area contributed by atoms with Crippen molar-refractivity contribution in [1.82, 2.24) is 14.9 Å². The highest BCUT2D eigenvalue weighted by Gasteiger charge is 2.34. The van der Waals surface area contributed by atoms with Crippen molar-refractivity contribution in [2.75, 3.05) is 31.1 Å². The molecule has 2 heterocycles. The summed E-state index contributed by atoms with van der Waals surface area (Å²) in [5, 5.41) is 1.06. The molecule has 0 atom stereocenters. The lowest BCUT2D eigenvalue weighted by Gasteiger charge is -2.23. The molecular weight excluding hydrogens is 356 g/mol. The number of hydrogen-bond acceptors (Lipinski definition) is 4. The van der Waals surface area contributed by atoms with Gasteiger partial charge in [-0.25, -0.2) is 9.97 Å². The minimum Gasteiger partial charge on any atom is -0.354 e. The molecule has 0 unspecified atom stereocenters. The van der Waals surface area contributed by atoms with Crippen LogP contribution in [0, 0.1) is 5.92 Å². The lowest BCUT2D eigenvalue weighted by atomic mass is 10.2. The number of rotatable bonds is 2. The summed E-state index contributed by atoms with van der Waals surface area (Å²) in [4.78, 5) is 25.5. The smallest absolute Gasteiger partial charge is 0.225 e. The highest BCUT2D eigenvalue weighted by molar-refractivity contribution is 9.10. The van der Waals surface area contributed by atoms with Gasteiger partial charge < -0.3 is 9.80 Å². The summed E-state index contributed by atoms with van der Waals surface area (Å²) in [6.07, 6.45) is 4.76. The number of benzene rings is 1. The molecule has 1 aromatic heterocycles. The van der Waals surface area contributed by atoms with Gasteiger partial charge in [-0.05, 0) is 37.5 Å². The molecule has 1 aliphatic heterocycles. The molecule has 0 N–H and O–H groups in total. The van der Waals surface area contributed by atoms with Crippen LogP contribution in [0.3, 0.4) is 0 Å². The van der Waals surface area contributed by atoms with E-state index < -0.39 is 0 Å². The molecule has 0 spiro atoms. The molecule has 4 rings (SSSR count). The highest BCUT2D eigenvalue weighted by Crippen LogP contribution is 2.32. The number of hydrogen-bond donors (Lipinski definition) is 0. The summed E-state index contributed by atoms with van der Waals surface area (Å²) in [6.45, 7) is 3.40. The van der Waals surface area contributed by atoms with Gasteiger partial charge in [0.1, 0.15) is 12.1 Å². The van der Waals surface area contributed by atoms with Gasteiger partial charge in [-0.3, -0.25) is 4.79 Å². The normalized spacial score (nSPS) is 19.0. The molecule has 1 amide bonds. The third-order valence-electron chi connectivity index (χ3n) is 4.61. The van der Waals surface area contributed by atoms with Gasteiger partial charge in [-0.2, -0.15) is 0 Å². The molecule has 0 bridgehead atoms. The summed E-state index contributed by atoms with van der Waals surface area (Å²) in [5.74, 6) is 1.62. The predicted molar refractivity (Wildman–Crippen MR) is 93.4 cm³/mol. The van der Waals surface area contributed by atoms with E-state index in [0.29, 0.717) is 11.8 Å². The molecule has 1 aromatic carbocycles. The third-order valence-corrected chi connectivity index (χ3v) is 5.10. The Kier molecular flexibility index (Phi) is 3.93. The van der Waals surface area contributed by atoms with E-state index in [2.05, 4.69) is 36.9 Å². The van der Waals surface area contributed by atoms with Crippen molar-refractivity contribution in [3.63, 3.8) is 0 Å². The van der Waals surface area contributed by atoms with E-state index >= 15 is 0 Å². The first kappa shape index (κ1) is 14.9. The van der Waals surface area contributed by atoms with Gasteiger partial charge in [-0.15, -0.1) is 0 Å². The second-order valence-electron chi connectivity index (χ2n) is 6.30. The van der Waals surface area contributed by atoms with Crippen molar-refractivity contribution in [3.05, 3.63) is 29.0 Å². The topological polar surface area (TPSA) is 49.3 Å². The van der Waals surface area contributed by atoms with Crippen molar-refractivity contribution in [3.8, 4) is 0 Å². The Balaban J connectivity index is 1.58. The van der Waals surface area contributed by atoms with Gasteiger partial charge >= 0.3 is 0 Å². The van der Waals surface area contributed by atoms with Crippen LogP contribution in [0.2, 0.25) is 0 Å². The van der Waals surface area contributed by atoms with E-state index in [1.54, 1.807) is 6.33 Å². The molecule has 0 radical (unpaired) electrons. The van der Waals surface area contributed by atoms with Gasteiger partial charge in [0.25, 0.3) is 0 Å². The Hall–Kier alpha value is -1.69. The monoisotopic (exact) mass is 374 g/mol. The average molecular weight is 375 g/mol. The first-order valence-corrected chi connectivity index (χ1v) is 8.96. The summed E-state index contributed by atoms with van der Waals surface area (Å²) in [6, 6.07) is 6.07. The predicted octanol–water partition coefficient (Wildman–Crippen LogP) is 2.84. The van der Waals surface area contributed by atoms with Crippen LogP contribution in [0.1, 0.15) is 19.3 Å². The minimum atomic E-state index is 0.303. The summed E-state index contributed by atoms with van der Waals surface area (Å²) in [7, 11) is 0. The number of fused-ring (bicyclic) bond motifs is 1. The lowest BCUT2D eigenvalue weighted by molar-refractivity contribution is -0.132. The molecule has 1 saturated carbocycles. The van der Waals surface area contributed by atoms with Gasteiger partial charge in [0.2, 0.25) is 5.91 Å². The number of anilines is 1. The number of nitrogens with zero attached hydrogens (tertiary/aromatic N) is 4. The molecule has 23 heavy (non-hydrogen) atoms. The fourth-order valence-electron chi connectivity index (χ4n) is 3.21. The second-order valence-corrected chi connectivity index (χ2v) is 7.21. The van der Waals surface area contributed by atoms with Gasteiger partial charge in [0.05, 0.1) is 5.52 Å². The SMILES string of the molecule is O=C(C1CC1)N1CCCN(c2ncnc3ccc(Br)cc23)CC1. The maximum absolute atomic E-state index is 12.3. The molecule has 6 heteroatoms. The average Bonchev–Trinajstić information content (AvgIpc) is 3.40. The molecule has 2 fully saturated rings. The van der Waals surface area contributed by atoms with Gasteiger partial charge in [0.15, 0.2) is 0 Å². The second kappa shape index (κ2) is 6.07. The number of carbonyl (C=O) groups excluding carboxylic acids is 1. The fourth-order valence-corrected chi connectivity index (χ4v) is 3.57. The van der Waals surface area contributed by atoms with Crippen LogP contribution in [-0.4, -0.2) is 47.0 Å². The maximum atomic E-state index is 12.3. The Morgan fingerprint density at radius 1 is 1.13 bits per heavy atom. The van der Waals surface area contributed by atoms with Crippen LogP contribution < -0.4 is 4.90 Å². The summed E-state index contributed by atoms with van der Waals surface area (Å²) < 4.78 is 1.03. The fraction of sp³-hybridized carbons (Fsp3) is 0.471. The largest absolute Gasteiger partial charge is 0.354 e. The number of carbonyl (C=O) groups is 1. The zero-order valence-corrected chi connectivity index (χ0v) is 14.5. The van der Waals surface area contributed by atoms with Crippen LogP contribution in [-0.2, 0) is 4.79 Å². The van der Waals surface area contributed by atoms with E-state index in [9.17, 15) is 4.79 Å². The van der Waals surface area contributed by atoms with Crippen molar-refractivity contribution in [2.24, 2.45) is 5.92 Å². The molecule has 5 nitrogen and oxygen atoms in total. The van der Waals surface area contributed by atoms with Gasteiger partial charge in [-0.1, -0.05) is 15.9 Å². The van der Waals surface area contributed by atoms with Crippen molar-refractivity contribution in [1.29, 1.82) is 0 Å². The Labute approximate surface area is 143 Å². The molecule has 120 valence electrons. The molecule has 1 saturated heterocycles. The van der Waals surface area contributed by atoms with E-state index in [1.165, 1.54) is 0 Å². The third kappa shape index (κ3) is 3.04. The van der Waals surface area contributed by atoms with Crippen molar-refractivity contribution in [2.45, 2.75) is 19.3 Å². The summed E-state index contributed by atoms with van der Waals surface area (Å²) >= 11 is 3.53. The number of amides is 1. The zero-order valence-electron chi connectivity index (χ0n) is 12.9. The Bertz CT molecular complexity index is 746. The molecular formula is C17H19BrN4O. The standard InChI is InChI=1S/C17H19BrN4O/c18-13-4-5-15-14(10-13)16(20-11-19-15)21-6-1-7-22(9-8-21)17(23)12-2-3-12/h4-5,10-12H,1-3,6-9H2. The number of halogens is 1. The highest BCUT2D eigenvalue weighted by atomic mass is 79.9. The van der Waals surface area contributed by atoms with E-state index in [4.69, 9.17) is 0 Å². The molecule has 1 aliphatic carbocycles. The van der Waals surface area contributed by atoms with E-state index in [0.717, 1.165) is 66.6 Å². The van der Waals surface area contributed by atoms with E-state index in [1.807, 2.05) is 17.0 Å². The van der Waals surface area contributed by atoms with Crippen molar-refractivity contribution >= 4 is 38.6 Å². The first-order chi connectivity index (χ1) is 11.2. The summed E-state index contributed by atoms with van der Waals surface area (Å²) in [5.41, 5.74) is 0.952. The molecule has 2 aliphatic rings. The van der Waals surface area contributed by atoms with Crippen LogP contribution >= 0.6 is 15.9 Å².